The Labute approximate surface area is 151 Å². The Morgan fingerprint density at radius 1 is 1.32 bits per heavy atom. The number of urea groups is 1. The van der Waals surface area contributed by atoms with Gasteiger partial charge in [0, 0.05) is 19.6 Å². The largest absolute Gasteiger partial charge is 0.393 e. The van der Waals surface area contributed by atoms with Crippen LogP contribution in [-0.4, -0.2) is 36.9 Å². The van der Waals surface area contributed by atoms with E-state index in [1.165, 1.54) is 25.7 Å². The van der Waals surface area contributed by atoms with Crippen molar-refractivity contribution in [2.24, 2.45) is 5.41 Å². The molecule has 0 radical (unpaired) electrons. The molecular weight excluding hydrogens is 314 g/mol. The summed E-state index contributed by atoms with van der Waals surface area (Å²) in [5.74, 6) is 0. The number of hydrogen-bond acceptors (Lipinski definition) is 3. The molecule has 1 aliphatic rings. The summed E-state index contributed by atoms with van der Waals surface area (Å²) in [6.45, 7) is 6.38. The van der Waals surface area contributed by atoms with Gasteiger partial charge in [0.05, 0.1) is 17.5 Å². The fraction of sp³-hybridized carbons (Fsp3) is 0.650. The predicted molar refractivity (Wildman–Crippen MR) is 104 cm³/mol. The molecule has 2 amide bonds. The van der Waals surface area contributed by atoms with Crippen molar-refractivity contribution in [3.05, 3.63) is 24.3 Å². The van der Waals surface area contributed by atoms with Crippen LogP contribution in [0.25, 0.3) is 0 Å². The van der Waals surface area contributed by atoms with Crippen LogP contribution in [0.5, 0.6) is 0 Å². The number of nitrogens with zero attached hydrogens (tertiary/aromatic N) is 1. The lowest BCUT2D eigenvalue weighted by Gasteiger charge is -2.29. The van der Waals surface area contributed by atoms with E-state index >= 15 is 0 Å². The maximum absolute atomic E-state index is 12.3. The van der Waals surface area contributed by atoms with Crippen LogP contribution >= 0.6 is 0 Å². The number of benzene rings is 1. The molecule has 1 fully saturated rings. The van der Waals surface area contributed by atoms with Crippen molar-refractivity contribution in [2.75, 3.05) is 23.8 Å². The lowest BCUT2D eigenvalue weighted by Crippen LogP contribution is -2.38. The quantitative estimate of drug-likeness (QED) is 0.699. The molecule has 1 aromatic rings. The average Bonchev–Trinajstić information content (AvgIpc) is 3.06. The maximum atomic E-state index is 12.3. The first kappa shape index (κ1) is 19.6. The average molecular weight is 348 g/mol. The summed E-state index contributed by atoms with van der Waals surface area (Å²) in [6.07, 6.45) is 5.26. The Bertz CT molecular complexity index is 566. The molecule has 0 aliphatic heterocycles. The Morgan fingerprint density at radius 2 is 1.96 bits per heavy atom. The molecule has 1 unspecified atom stereocenters. The number of aliphatic hydroxyl groups excluding tert-OH is 1. The fourth-order valence-corrected chi connectivity index (χ4v) is 3.73. The monoisotopic (exact) mass is 347 g/mol. The van der Waals surface area contributed by atoms with Gasteiger partial charge in [0.2, 0.25) is 0 Å². The zero-order chi connectivity index (χ0) is 18.4. The van der Waals surface area contributed by atoms with Crippen LogP contribution in [0, 0.1) is 5.41 Å². The van der Waals surface area contributed by atoms with Gasteiger partial charge in [0.1, 0.15) is 0 Å². The number of aliphatic hydroxyl groups is 1. The highest BCUT2D eigenvalue weighted by molar-refractivity contribution is 5.93. The summed E-state index contributed by atoms with van der Waals surface area (Å²) in [6, 6.07) is 8.31. The predicted octanol–water partition coefficient (Wildman–Crippen LogP) is 3.98. The highest BCUT2D eigenvalue weighted by Gasteiger charge is 2.23. The van der Waals surface area contributed by atoms with Gasteiger partial charge in [0.15, 0.2) is 0 Å². The van der Waals surface area contributed by atoms with Crippen LogP contribution in [0.15, 0.2) is 24.3 Å². The number of rotatable bonds is 7. The van der Waals surface area contributed by atoms with E-state index in [0.717, 1.165) is 11.4 Å². The van der Waals surface area contributed by atoms with Gasteiger partial charge in [-0.15, -0.1) is 0 Å². The van der Waals surface area contributed by atoms with Gasteiger partial charge in [-0.1, -0.05) is 38.8 Å². The zero-order valence-electron chi connectivity index (χ0n) is 16.0. The lowest BCUT2D eigenvalue weighted by atomic mass is 9.87. The summed E-state index contributed by atoms with van der Waals surface area (Å²) in [7, 11) is 2.11. The van der Waals surface area contributed by atoms with Crippen molar-refractivity contribution < 1.29 is 9.90 Å². The van der Waals surface area contributed by atoms with Crippen molar-refractivity contribution in [1.29, 1.82) is 0 Å². The number of nitrogens with one attached hydrogen (secondary N) is 2. The molecule has 2 rings (SSSR count). The van der Waals surface area contributed by atoms with Crippen LogP contribution in [0.4, 0.5) is 16.2 Å². The summed E-state index contributed by atoms with van der Waals surface area (Å²) in [5.41, 5.74) is 1.75. The number of amides is 2. The van der Waals surface area contributed by atoms with E-state index in [-0.39, 0.29) is 17.6 Å². The van der Waals surface area contributed by atoms with E-state index in [4.69, 9.17) is 0 Å². The molecule has 5 heteroatoms. The second-order valence-electron chi connectivity index (χ2n) is 8.09. The summed E-state index contributed by atoms with van der Waals surface area (Å²) < 4.78 is 0. The van der Waals surface area contributed by atoms with Gasteiger partial charge in [-0.05, 0) is 43.7 Å². The molecule has 0 bridgehead atoms. The Hall–Kier alpha value is -1.75. The van der Waals surface area contributed by atoms with E-state index in [2.05, 4.69) is 28.6 Å². The number of anilines is 2. The van der Waals surface area contributed by atoms with Crippen LogP contribution in [0.3, 0.4) is 0 Å². The van der Waals surface area contributed by atoms with Crippen LogP contribution in [0.2, 0.25) is 0 Å². The Morgan fingerprint density at radius 3 is 2.60 bits per heavy atom. The van der Waals surface area contributed by atoms with Crippen molar-refractivity contribution >= 4 is 17.4 Å². The first-order valence-electron chi connectivity index (χ1n) is 9.33. The fourth-order valence-electron chi connectivity index (χ4n) is 3.73. The molecule has 1 saturated carbocycles. The molecule has 1 aliphatic carbocycles. The SMILES string of the molecule is CC(O)CC(C)(C)CNC(=O)Nc1ccccc1N(C)C1CCCC1. The highest BCUT2D eigenvalue weighted by Crippen LogP contribution is 2.31. The van der Waals surface area contributed by atoms with Crippen molar-refractivity contribution in [3.8, 4) is 0 Å². The minimum Gasteiger partial charge on any atom is -0.393 e. The first-order valence-corrected chi connectivity index (χ1v) is 9.33. The van der Waals surface area contributed by atoms with E-state index in [0.29, 0.717) is 19.0 Å². The van der Waals surface area contributed by atoms with Gasteiger partial charge in [0.25, 0.3) is 0 Å². The topological polar surface area (TPSA) is 64.6 Å². The van der Waals surface area contributed by atoms with E-state index in [9.17, 15) is 9.90 Å². The second kappa shape index (κ2) is 8.56. The number of carbonyl (C=O) groups excluding carboxylic acids is 1. The molecule has 5 nitrogen and oxygen atoms in total. The third kappa shape index (κ3) is 5.92. The summed E-state index contributed by atoms with van der Waals surface area (Å²) in [5, 5.41) is 15.5. The number of carbonyl (C=O) groups is 1. The second-order valence-corrected chi connectivity index (χ2v) is 8.09. The third-order valence-electron chi connectivity index (χ3n) is 4.98. The van der Waals surface area contributed by atoms with E-state index < -0.39 is 0 Å². The van der Waals surface area contributed by atoms with Gasteiger partial charge in [-0.3, -0.25) is 0 Å². The molecule has 1 atom stereocenters. The summed E-state index contributed by atoms with van der Waals surface area (Å²) in [4.78, 5) is 14.6. The number of hydrogen-bond donors (Lipinski definition) is 3. The normalized spacial score (nSPS) is 16.5. The van der Waals surface area contributed by atoms with Gasteiger partial charge in [-0.2, -0.15) is 0 Å². The van der Waals surface area contributed by atoms with Gasteiger partial charge >= 0.3 is 6.03 Å². The Balaban J connectivity index is 1.96. The molecule has 0 spiro atoms. The summed E-state index contributed by atoms with van der Waals surface area (Å²) >= 11 is 0. The maximum Gasteiger partial charge on any atom is 0.319 e. The van der Waals surface area contributed by atoms with Gasteiger partial charge < -0.3 is 20.6 Å². The molecular formula is C20H33N3O2. The van der Waals surface area contributed by atoms with E-state index in [1.54, 1.807) is 6.92 Å². The van der Waals surface area contributed by atoms with E-state index in [1.807, 2.05) is 32.0 Å². The van der Waals surface area contributed by atoms with Gasteiger partial charge in [-0.25, -0.2) is 4.79 Å². The standard InChI is InChI=1S/C20H33N3O2/c1-15(24)13-20(2,3)14-21-19(25)22-17-11-7-8-12-18(17)23(4)16-9-5-6-10-16/h7-8,11-12,15-16,24H,5-6,9-10,13-14H2,1-4H3,(H2,21,22,25). The molecule has 1 aromatic carbocycles. The highest BCUT2D eigenvalue weighted by atomic mass is 16.3. The third-order valence-corrected chi connectivity index (χ3v) is 4.98. The number of para-hydroxylation sites is 2. The molecule has 0 heterocycles. The van der Waals surface area contributed by atoms with Crippen molar-refractivity contribution in [1.82, 2.24) is 5.32 Å². The van der Waals surface area contributed by atoms with Crippen molar-refractivity contribution in [2.45, 2.75) is 65.0 Å². The first-order chi connectivity index (χ1) is 11.8. The molecule has 140 valence electrons. The van der Waals surface area contributed by atoms with Crippen molar-refractivity contribution in [3.63, 3.8) is 0 Å². The molecule has 3 N–H and O–H groups in total. The minimum atomic E-state index is -0.374. The molecule has 0 saturated heterocycles. The smallest absolute Gasteiger partial charge is 0.319 e. The van der Waals surface area contributed by atoms with Crippen LogP contribution in [-0.2, 0) is 0 Å². The lowest BCUT2D eigenvalue weighted by molar-refractivity contribution is 0.129. The minimum absolute atomic E-state index is 0.147. The van der Waals surface area contributed by atoms with Crippen LogP contribution < -0.4 is 15.5 Å². The Kier molecular flexibility index (Phi) is 6.71. The van der Waals surface area contributed by atoms with Crippen LogP contribution in [0.1, 0.15) is 52.9 Å². The zero-order valence-corrected chi connectivity index (χ0v) is 16.0. The molecule has 25 heavy (non-hydrogen) atoms. The molecule has 0 aromatic heterocycles.